The molecule has 1 aromatic carbocycles. The van der Waals surface area contributed by atoms with Crippen LogP contribution in [0.15, 0.2) is 21.1 Å². The van der Waals surface area contributed by atoms with E-state index in [2.05, 4.69) is 56.2 Å². The Kier molecular flexibility index (Phi) is 3.73. The normalized spacial score (nSPS) is 15.4. The lowest BCUT2D eigenvalue weighted by Crippen LogP contribution is -2.03. The Labute approximate surface area is 108 Å². The SMILES string of the molecule is Cc1cc(Br)c(NCCC2CC2)c(Br)c1. The number of anilines is 1. The van der Waals surface area contributed by atoms with Gasteiger partial charge < -0.3 is 5.32 Å². The summed E-state index contributed by atoms with van der Waals surface area (Å²) in [4.78, 5) is 0. The largest absolute Gasteiger partial charge is 0.383 e. The van der Waals surface area contributed by atoms with E-state index in [4.69, 9.17) is 0 Å². The van der Waals surface area contributed by atoms with E-state index >= 15 is 0 Å². The van der Waals surface area contributed by atoms with Crippen LogP contribution in [0.25, 0.3) is 0 Å². The zero-order chi connectivity index (χ0) is 10.8. The molecule has 0 bridgehead atoms. The molecule has 1 nitrogen and oxygen atoms in total. The quantitative estimate of drug-likeness (QED) is 0.840. The van der Waals surface area contributed by atoms with E-state index in [0.29, 0.717) is 0 Å². The Morgan fingerprint density at radius 1 is 1.27 bits per heavy atom. The molecule has 3 heteroatoms. The van der Waals surface area contributed by atoms with Crippen LogP contribution in [0.3, 0.4) is 0 Å². The molecule has 0 unspecified atom stereocenters. The minimum atomic E-state index is 0.987. The first kappa shape index (κ1) is 11.5. The Bertz CT molecular complexity index is 336. The van der Waals surface area contributed by atoms with Crippen LogP contribution in [0, 0.1) is 12.8 Å². The topological polar surface area (TPSA) is 12.0 Å². The van der Waals surface area contributed by atoms with E-state index in [-0.39, 0.29) is 0 Å². The minimum absolute atomic E-state index is 0.987. The van der Waals surface area contributed by atoms with Gasteiger partial charge in [0.1, 0.15) is 0 Å². The van der Waals surface area contributed by atoms with Crippen molar-refractivity contribution in [3.8, 4) is 0 Å². The summed E-state index contributed by atoms with van der Waals surface area (Å²) < 4.78 is 2.29. The first-order valence-electron chi connectivity index (χ1n) is 5.36. The fraction of sp³-hybridized carbons (Fsp3) is 0.500. The first-order chi connectivity index (χ1) is 7.16. The molecule has 1 N–H and O–H groups in total. The van der Waals surface area contributed by atoms with Crippen LogP contribution in [-0.2, 0) is 0 Å². The maximum absolute atomic E-state index is 3.59. The van der Waals surface area contributed by atoms with Crippen molar-refractivity contribution in [1.29, 1.82) is 0 Å². The predicted octanol–water partition coefficient (Wildman–Crippen LogP) is 4.73. The maximum atomic E-state index is 3.59. The van der Waals surface area contributed by atoms with Gasteiger partial charge in [-0.15, -0.1) is 0 Å². The van der Waals surface area contributed by atoms with Crippen molar-refractivity contribution in [3.05, 3.63) is 26.6 Å². The third-order valence-electron chi connectivity index (χ3n) is 2.74. The van der Waals surface area contributed by atoms with Crippen LogP contribution >= 0.6 is 31.9 Å². The molecule has 1 saturated carbocycles. The van der Waals surface area contributed by atoms with E-state index in [1.54, 1.807) is 0 Å². The van der Waals surface area contributed by atoms with Crippen LogP contribution < -0.4 is 5.32 Å². The van der Waals surface area contributed by atoms with Gasteiger partial charge in [-0.3, -0.25) is 0 Å². The van der Waals surface area contributed by atoms with E-state index in [1.807, 2.05) is 0 Å². The highest BCUT2D eigenvalue weighted by Crippen LogP contribution is 2.34. The molecule has 0 aromatic heterocycles. The smallest absolute Gasteiger partial charge is 0.0629 e. The molecule has 0 atom stereocenters. The summed E-state index contributed by atoms with van der Waals surface area (Å²) in [6.07, 6.45) is 4.16. The third-order valence-corrected chi connectivity index (χ3v) is 3.99. The second kappa shape index (κ2) is 4.88. The van der Waals surface area contributed by atoms with E-state index in [1.165, 1.54) is 30.5 Å². The van der Waals surface area contributed by atoms with E-state index < -0.39 is 0 Å². The Hall–Kier alpha value is -0.0200. The van der Waals surface area contributed by atoms with Gasteiger partial charge in [0.25, 0.3) is 0 Å². The van der Waals surface area contributed by atoms with Crippen molar-refractivity contribution in [2.24, 2.45) is 5.92 Å². The molecule has 0 spiro atoms. The van der Waals surface area contributed by atoms with Crippen LogP contribution in [0.1, 0.15) is 24.8 Å². The van der Waals surface area contributed by atoms with Crippen LogP contribution in [0.2, 0.25) is 0 Å². The van der Waals surface area contributed by atoms with Gasteiger partial charge in [-0.2, -0.15) is 0 Å². The van der Waals surface area contributed by atoms with Crippen LogP contribution in [0.5, 0.6) is 0 Å². The molecule has 1 fully saturated rings. The average molecular weight is 333 g/mol. The highest BCUT2D eigenvalue weighted by atomic mass is 79.9. The van der Waals surface area contributed by atoms with Crippen molar-refractivity contribution >= 4 is 37.5 Å². The zero-order valence-electron chi connectivity index (χ0n) is 8.82. The van der Waals surface area contributed by atoms with Crippen molar-refractivity contribution in [1.82, 2.24) is 0 Å². The molecule has 0 heterocycles. The lowest BCUT2D eigenvalue weighted by Gasteiger charge is -2.11. The summed E-state index contributed by atoms with van der Waals surface area (Å²) in [6.45, 7) is 3.18. The number of nitrogens with one attached hydrogen (secondary N) is 1. The van der Waals surface area contributed by atoms with E-state index in [9.17, 15) is 0 Å². The van der Waals surface area contributed by atoms with Gasteiger partial charge >= 0.3 is 0 Å². The highest BCUT2D eigenvalue weighted by Gasteiger charge is 2.20. The van der Waals surface area contributed by atoms with Crippen molar-refractivity contribution in [2.45, 2.75) is 26.2 Å². The molecule has 2 rings (SSSR count). The molecule has 0 amide bonds. The Balaban J connectivity index is 1.99. The number of aryl methyl sites for hydroxylation is 1. The van der Waals surface area contributed by atoms with Gasteiger partial charge in [0.15, 0.2) is 0 Å². The second-order valence-corrected chi connectivity index (χ2v) is 5.97. The molecule has 82 valence electrons. The first-order valence-corrected chi connectivity index (χ1v) is 6.95. The molecule has 1 aliphatic rings. The second-order valence-electron chi connectivity index (χ2n) is 4.26. The molecular weight excluding hydrogens is 318 g/mol. The minimum Gasteiger partial charge on any atom is -0.383 e. The number of benzene rings is 1. The fourth-order valence-corrected chi connectivity index (χ4v) is 3.37. The van der Waals surface area contributed by atoms with Gasteiger partial charge in [0, 0.05) is 15.5 Å². The van der Waals surface area contributed by atoms with Crippen molar-refractivity contribution in [2.75, 3.05) is 11.9 Å². The van der Waals surface area contributed by atoms with Gasteiger partial charge in [-0.25, -0.2) is 0 Å². The molecule has 1 aromatic rings. The maximum Gasteiger partial charge on any atom is 0.0629 e. The third kappa shape index (κ3) is 3.22. The molecule has 0 radical (unpaired) electrons. The van der Waals surface area contributed by atoms with Crippen LogP contribution in [0.4, 0.5) is 5.69 Å². The van der Waals surface area contributed by atoms with Crippen molar-refractivity contribution in [3.63, 3.8) is 0 Å². The molecule has 0 saturated heterocycles. The standard InChI is InChI=1S/C12H15Br2N/c1-8-6-10(13)12(11(14)7-8)15-5-4-9-2-3-9/h6-7,9,15H,2-5H2,1H3. The van der Waals surface area contributed by atoms with E-state index in [0.717, 1.165) is 21.4 Å². The molecule has 0 aliphatic heterocycles. The Morgan fingerprint density at radius 3 is 2.40 bits per heavy atom. The summed E-state index contributed by atoms with van der Waals surface area (Å²) in [5.41, 5.74) is 2.45. The monoisotopic (exact) mass is 331 g/mol. The predicted molar refractivity (Wildman–Crippen MR) is 72.4 cm³/mol. The summed E-state index contributed by atoms with van der Waals surface area (Å²) >= 11 is 7.18. The fourth-order valence-electron chi connectivity index (χ4n) is 1.68. The van der Waals surface area contributed by atoms with Gasteiger partial charge in [0.05, 0.1) is 5.69 Å². The number of rotatable bonds is 4. The Morgan fingerprint density at radius 2 is 1.87 bits per heavy atom. The summed E-state index contributed by atoms with van der Waals surface area (Å²) in [5, 5.41) is 3.49. The van der Waals surface area contributed by atoms with Gasteiger partial charge in [-0.1, -0.05) is 12.8 Å². The van der Waals surface area contributed by atoms with Crippen molar-refractivity contribution < 1.29 is 0 Å². The zero-order valence-corrected chi connectivity index (χ0v) is 12.0. The number of hydrogen-bond acceptors (Lipinski definition) is 1. The van der Waals surface area contributed by atoms with Gasteiger partial charge in [-0.05, 0) is 68.8 Å². The summed E-state index contributed by atoms with van der Waals surface area (Å²) in [5.74, 6) is 0.987. The lowest BCUT2D eigenvalue weighted by molar-refractivity contribution is 0.760. The van der Waals surface area contributed by atoms with Gasteiger partial charge in [0.2, 0.25) is 0 Å². The lowest BCUT2D eigenvalue weighted by atomic mass is 10.2. The number of hydrogen-bond donors (Lipinski definition) is 1. The number of halogens is 2. The summed E-state index contributed by atoms with van der Waals surface area (Å²) in [6, 6.07) is 4.29. The average Bonchev–Trinajstić information content (AvgIpc) is 2.93. The highest BCUT2D eigenvalue weighted by molar-refractivity contribution is 9.11. The van der Waals surface area contributed by atoms with Crippen LogP contribution in [-0.4, -0.2) is 6.54 Å². The molecule has 1 aliphatic carbocycles. The molecule has 15 heavy (non-hydrogen) atoms. The molecular formula is C12H15Br2N. The summed E-state index contributed by atoms with van der Waals surface area (Å²) in [7, 11) is 0.